The van der Waals surface area contributed by atoms with Crippen LogP contribution in [0.2, 0.25) is 0 Å². The molecule has 0 unspecified atom stereocenters. The maximum Gasteiger partial charge on any atom is 0.315 e. The molecule has 0 aliphatic carbocycles. The van der Waals surface area contributed by atoms with Crippen LogP contribution in [0.5, 0.6) is 11.5 Å². The monoisotopic (exact) mass is 280 g/mol. The molecule has 0 saturated carbocycles. The Morgan fingerprint density at radius 2 is 1.90 bits per heavy atom. The number of rotatable bonds is 7. The molecular weight excluding hydrogens is 256 g/mol. The molecule has 5 heteroatoms. The van der Waals surface area contributed by atoms with Crippen molar-refractivity contribution >= 4 is 6.03 Å². The second-order valence-corrected chi connectivity index (χ2v) is 4.48. The van der Waals surface area contributed by atoms with E-state index in [1.54, 1.807) is 14.2 Å². The zero-order valence-corrected chi connectivity index (χ0v) is 12.7. The standard InChI is InChI=1S/C15H24N2O3/c1-5-9-16-15(18)17-12(6-2)11-7-8-13(19-3)14(10-11)20-4/h7-8,10,12H,5-6,9H2,1-4H3,(H2,16,17,18)/t12-/m0/s1. The predicted molar refractivity (Wildman–Crippen MR) is 79.4 cm³/mol. The molecule has 0 heterocycles. The van der Waals surface area contributed by atoms with Crippen LogP contribution in [0.3, 0.4) is 0 Å². The van der Waals surface area contributed by atoms with Crippen LogP contribution in [-0.2, 0) is 0 Å². The predicted octanol–water partition coefficient (Wildman–Crippen LogP) is 2.86. The van der Waals surface area contributed by atoms with Crippen LogP contribution in [0.25, 0.3) is 0 Å². The summed E-state index contributed by atoms with van der Waals surface area (Å²) in [5, 5.41) is 5.77. The molecule has 0 fully saturated rings. The normalized spacial score (nSPS) is 11.6. The lowest BCUT2D eigenvalue weighted by molar-refractivity contribution is 0.236. The molecule has 20 heavy (non-hydrogen) atoms. The fourth-order valence-corrected chi connectivity index (χ4v) is 1.94. The van der Waals surface area contributed by atoms with Gasteiger partial charge in [0, 0.05) is 6.54 Å². The summed E-state index contributed by atoms with van der Waals surface area (Å²) in [5.74, 6) is 1.35. The van der Waals surface area contributed by atoms with Gasteiger partial charge in [-0.3, -0.25) is 0 Å². The van der Waals surface area contributed by atoms with E-state index in [1.807, 2.05) is 32.0 Å². The number of methoxy groups -OCH3 is 2. The van der Waals surface area contributed by atoms with Crippen molar-refractivity contribution in [1.82, 2.24) is 10.6 Å². The van der Waals surface area contributed by atoms with Gasteiger partial charge in [0.05, 0.1) is 20.3 Å². The Balaban J connectivity index is 2.81. The van der Waals surface area contributed by atoms with Crippen LogP contribution in [0.4, 0.5) is 4.79 Å². The van der Waals surface area contributed by atoms with Gasteiger partial charge < -0.3 is 20.1 Å². The fourth-order valence-electron chi connectivity index (χ4n) is 1.94. The topological polar surface area (TPSA) is 59.6 Å². The van der Waals surface area contributed by atoms with Gasteiger partial charge in [-0.2, -0.15) is 0 Å². The van der Waals surface area contributed by atoms with E-state index < -0.39 is 0 Å². The SMILES string of the molecule is CCCNC(=O)N[C@@H](CC)c1ccc(OC)c(OC)c1. The molecule has 112 valence electrons. The Morgan fingerprint density at radius 3 is 2.45 bits per heavy atom. The van der Waals surface area contributed by atoms with Crippen molar-refractivity contribution in [2.24, 2.45) is 0 Å². The first-order valence-electron chi connectivity index (χ1n) is 6.92. The molecule has 0 spiro atoms. The number of amides is 2. The Labute approximate surface area is 120 Å². The lowest BCUT2D eigenvalue weighted by Gasteiger charge is -2.19. The summed E-state index contributed by atoms with van der Waals surface area (Å²) in [7, 11) is 3.20. The molecule has 0 radical (unpaired) electrons. The highest BCUT2D eigenvalue weighted by Crippen LogP contribution is 2.30. The van der Waals surface area contributed by atoms with Crippen LogP contribution in [0.15, 0.2) is 18.2 Å². The van der Waals surface area contributed by atoms with E-state index in [4.69, 9.17) is 9.47 Å². The molecule has 2 amide bonds. The molecule has 0 aliphatic heterocycles. The van der Waals surface area contributed by atoms with E-state index in [-0.39, 0.29) is 12.1 Å². The van der Waals surface area contributed by atoms with E-state index in [1.165, 1.54) is 0 Å². The number of hydrogen-bond donors (Lipinski definition) is 2. The Bertz CT molecular complexity index is 435. The molecule has 0 aromatic heterocycles. The molecule has 2 N–H and O–H groups in total. The second kappa shape index (κ2) is 8.30. The average molecular weight is 280 g/mol. The van der Waals surface area contributed by atoms with Gasteiger partial charge >= 0.3 is 6.03 Å². The maximum absolute atomic E-state index is 11.7. The highest BCUT2D eigenvalue weighted by Gasteiger charge is 2.14. The summed E-state index contributed by atoms with van der Waals surface area (Å²) < 4.78 is 10.5. The van der Waals surface area contributed by atoms with Gasteiger partial charge in [0.2, 0.25) is 0 Å². The first-order valence-corrected chi connectivity index (χ1v) is 6.92. The van der Waals surface area contributed by atoms with E-state index in [2.05, 4.69) is 10.6 Å². The molecule has 0 saturated heterocycles. The second-order valence-electron chi connectivity index (χ2n) is 4.48. The van der Waals surface area contributed by atoms with Gasteiger partial charge in [0.15, 0.2) is 11.5 Å². The molecular formula is C15H24N2O3. The summed E-state index contributed by atoms with van der Waals surface area (Å²) in [6.07, 6.45) is 1.72. The van der Waals surface area contributed by atoms with Crippen molar-refractivity contribution in [2.45, 2.75) is 32.7 Å². The third kappa shape index (κ3) is 4.33. The lowest BCUT2D eigenvalue weighted by Crippen LogP contribution is -2.38. The first kappa shape index (κ1) is 16.1. The Morgan fingerprint density at radius 1 is 1.20 bits per heavy atom. The smallest absolute Gasteiger partial charge is 0.315 e. The number of urea groups is 1. The minimum Gasteiger partial charge on any atom is -0.493 e. The van der Waals surface area contributed by atoms with Crippen molar-refractivity contribution in [3.8, 4) is 11.5 Å². The van der Waals surface area contributed by atoms with Crippen molar-refractivity contribution in [1.29, 1.82) is 0 Å². The Kier molecular flexibility index (Phi) is 6.70. The average Bonchev–Trinajstić information content (AvgIpc) is 2.49. The summed E-state index contributed by atoms with van der Waals surface area (Å²) in [6.45, 7) is 4.72. The third-order valence-corrected chi connectivity index (χ3v) is 3.06. The van der Waals surface area contributed by atoms with Crippen LogP contribution >= 0.6 is 0 Å². The molecule has 1 aromatic rings. The summed E-state index contributed by atoms with van der Waals surface area (Å²) in [4.78, 5) is 11.7. The van der Waals surface area contributed by atoms with Gasteiger partial charge in [-0.1, -0.05) is 19.9 Å². The number of carbonyl (C=O) groups excluding carboxylic acids is 1. The van der Waals surface area contributed by atoms with Gasteiger partial charge in [-0.15, -0.1) is 0 Å². The maximum atomic E-state index is 11.7. The number of carbonyl (C=O) groups is 1. The van der Waals surface area contributed by atoms with Crippen molar-refractivity contribution in [2.75, 3.05) is 20.8 Å². The highest BCUT2D eigenvalue weighted by molar-refractivity contribution is 5.74. The largest absolute Gasteiger partial charge is 0.493 e. The van der Waals surface area contributed by atoms with E-state index in [0.29, 0.717) is 18.0 Å². The van der Waals surface area contributed by atoms with Gasteiger partial charge in [-0.25, -0.2) is 4.79 Å². The zero-order valence-electron chi connectivity index (χ0n) is 12.7. The van der Waals surface area contributed by atoms with E-state index >= 15 is 0 Å². The lowest BCUT2D eigenvalue weighted by atomic mass is 10.0. The van der Waals surface area contributed by atoms with Crippen molar-refractivity contribution in [3.63, 3.8) is 0 Å². The summed E-state index contributed by atoms with van der Waals surface area (Å²) in [6, 6.07) is 5.49. The molecule has 5 nitrogen and oxygen atoms in total. The summed E-state index contributed by atoms with van der Waals surface area (Å²) in [5.41, 5.74) is 0.997. The van der Waals surface area contributed by atoms with Gasteiger partial charge in [0.1, 0.15) is 0 Å². The van der Waals surface area contributed by atoms with E-state index in [9.17, 15) is 4.79 Å². The van der Waals surface area contributed by atoms with Crippen LogP contribution in [0, 0.1) is 0 Å². The highest BCUT2D eigenvalue weighted by atomic mass is 16.5. The van der Waals surface area contributed by atoms with Gasteiger partial charge in [-0.05, 0) is 30.5 Å². The summed E-state index contributed by atoms with van der Waals surface area (Å²) >= 11 is 0. The minimum absolute atomic E-state index is 0.0494. The molecule has 0 aliphatic rings. The number of hydrogen-bond acceptors (Lipinski definition) is 3. The fraction of sp³-hybridized carbons (Fsp3) is 0.533. The van der Waals surface area contributed by atoms with Gasteiger partial charge in [0.25, 0.3) is 0 Å². The number of benzene rings is 1. The molecule has 0 bridgehead atoms. The molecule has 1 rings (SSSR count). The molecule has 1 atom stereocenters. The van der Waals surface area contributed by atoms with Crippen LogP contribution < -0.4 is 20.1 Å². The first-order chi connectivity index (χ1) is 9.65. The van der Waals surface area contributed by atoms with Crippen LogP contribution in [0.1, 0.15) is 38.3 Å². The third-order valence-electron chi connectivity index (χ3n) is 3.06. The van der Waals surface area contributed by atoms with Crippen molar-refractivity contribution in [3.05, 3.63) is 23.8 Å². The number of ether oxygens (including phenoxy) is 2. The van der Waals surface area contributed by atoms with E-state index in [0.717, 1.165) is 18.4 Å². The van der Waals surface area contributed by atoms with Crippen LogP contribution in [-0.4, -0.2) is 26.8 Å². The molecule has 1 aromatic carbocycles. The number of nitrogens with one attached hydrogen (secondary N) is 2. The zero-order chi connectivity index (χ0) is 15.0. The van der Waals surface area contributed by atoms with Crippen molar-refractivity contribution < 1.29 is 14.3 Å². The Hall–Kier alpha value is -1.91. The minimum atomic E-state index is -0.145. The quantitative estimate of drug-likeness (QED) is 0.807.